The van der Waals surface area contributed by atoms with Crippen molar-refractivity contribution in [2.45, 2.75) is 30.5 Å². The summed E-state index contributed by atoms with van der Waals surface area (Å²) in [5.41, 5.74) is 1.26. The summed E-state index contributed by atoms with van der Waals surface area (Å²) in [4.78, 5) is 11.4. The van der Waals surface area contributed by atoms with E-state index in [2.05, 4.69) is 12.1 Å². The third-order valence-corrected chi connectivity index (χ3v) is 3.71. The molecule has 1 aromatic carbocycles. The summed E-state index contributed by atoms with van der Waals surface area (Å²) < 4.78 is 5.10. The van der Waals surface area contributed by atoms with Crippen molar-refractivity contribution in [2.75, 3.05) is 0 Å². The number of thioether (sulfide) groups is 1. The molecule has 1 saturated heterocycles. The third-order valence-electron chi connectivity index (χ3n) is 2.42. The van der Waals surface area contributed by atoms with E-state index < -0.39 is 0 Å². The number of carbonyl (C=O) groups is 1. The maximum atomic E-state index is 11.4. The van der Waals surface area contributed by atoms with E-state index in [1.165, 1.54) is 5.56 Å². The van der Waals surface area contributed by atoms with Crippen LogP contribution in [0.1, 0.15) is 18.9 Å². The van der Waals surface area contributed by atoms with Gasteiger partial charge in [0.2, 0.25) is 0 Å². The predicted molar refractivity (Wildman–Crippen MR) is 61.7 cm³/mol. The Morgan fingerprint density at radius 3 is 2.73 bits per heavy atom. The lowest BCUT2D eigenvalue weighted by molar-refractivity contribution is -0.140. The molecule has 1 fully saturated rings. The largest absolute Gasteiger partial charge is 0.462 e. The molecule has 1 aromatic rings. The predicted octanol–water partition coefficient (Wildman–Crippen LogP) is 2.62. The molecule has 2 nitrogen and oxygen atoms in total. The van der Waals surface area contributed by atoms with E-state index in [4.69, 9.17) is 4.74 Å². The zero-order chi connectivity index (χ0) is 10.7. The Hall–Kier alpha value is -0.960. The Bertz CT molecular complexity index is 337. The second-order valence-corrected chi connectivity index (χ2v) is 4.96. The number of benzene rings is 1. The van der Waals surface area contributed by atoms with Gasteiger partial charge in [-0.25, -0.2) is 0 Å². The molecule has 15 heavy (non-hydrogen) atoms. The zero-order valence-electron chi connectivity index (χ0n) is 8.68. The maximum absolute atomic E-state index is 11.4. The van der Waals surface area contributed by atoms with E-state index >= 15 is 0 Å². The van der Waals surface area contributed by atoms with Crippen LogP contribution in [0.2, 0.25) is 0 Å². The van der Waals surface area contributed by atoms with E-state index in [1.807, 2.05) is 25.1 Å². The van der Waals surface area contributed by atoms with Gasteiger partial charge in [-0.05, 0) is 12.5 Å². The molecule has 2 rings (SSSR count). The van der Waals surface area contributed by atoms with Crippen molar-refractivity contribution in [1.82, 2.24) is 0 Å². The van der Waals surface area contributed by atoms with Gasteiger partial charge in [0.25, 0.3) is 0 Å². The second kappa shape index (κ2) is 4.71. The lowest BCUT2D eigenvalue weighted by Gasteiger charge is -2.04. The molecular formula is C12H14O2S. The van der Waals surface area contributed by atoms with Crippen molar-refractivity contribution in [1.29, 1.82) is 0 Å². The van der Waals surface area contributed by atoms with Gasteiger partial charge in [-0.15, -0.1) is 11.8 Å². The normalized spacial score (nSPS) is 25.3. The van der Waals surface area contributed by atoms with Crippen LogP contribution in [0, 0.1) is 0 Å². The molecule has 0 N–H and O–H groups in total. The SMILES string of the molecule is C[C@H]1C[C@@H](SCc2ccccc2)C(=O)O1. The molecule has 1 heterocycles. The van der Waals surface area contributed by atoms with Gasteiger partial charge in [-0.1, -0.05) is 30.3 Å². The lowest BCUT2D eigenvalue weighted by Crippen LogP contribution is -2.09. The minimum absolute atomic E-state index is 0.0280. The molecule has 0 unspecified atom stereocenters. The fraction of sp³-hybridized carbons (Fsp3) is 0.417. The molecule has 3 heteroatoms. The Labute approximate surface area is 94.0 Å². The first-order valence-corrected chi connectivity index (χ1v) is 6.16. The number of ether oxygens (including phenoxy) is 1. The molecule has 1 aliphatic rings. The minimum atomic E-state index is -0.0524. The highest BCUT2D eigenvalue weighted by molar-refractivity contribution is 7.99. The number of rotatable bonds is 3. The fourth-order valence-corrected chi connectivity index (χ4v) is 2.81. The van der Waals surface area contributed by atoms with Crippen molar-refractivity contribution < 1.29 is 9.53 Å². The van der Waals surface area contributed by atoms with Gasteiger partial charge in [0.05, 0.1) is 0 Å². The van der Waals surface area contributed by atoms with E-state index in [-0.39, 0.29) is 17.3 Å². The van der Waals surface area contributed by atoms with Crippen LogP contribution in [0.3, 0.4) is 0 Å². The zero-order valence-corrected chi connectivity index (χ0v) is 9.50. The van der Waals surface area contributed by atoms with Crippen LogP contribution >= 0.6 is 11.8 Å². The quantitative estimate of drug-likeness (QED) is 0.735. The van der Waals surface area contributed by atoms with Crippen LogP contribution in [0.4, 0.5) is 0 Å². The van der Waals surface area contributed by atoms with Crippen LogP contribution in [-0.2, 0) is 15.3 Å². The van der Waals surface area contributed by atoms with E-state index in [0.717, 1.165) is 12.2 Å². The standard InChI is InChI=1S/C12H14O2S/c1-9-7-11(12(13)14-9)15-8-10-5-3-2-4-6-10/h2-6,9,11H,7-8H2,1H3/t9-,11+/m0/s1. The van der Waals surface area contributed by atoms with Gasteiger partial charge in [-0.2, -0.15) is 0 Å². The summed E-state index contributed by atoms with van der Waals surface area (Å²) >= 11 is 1.67. The molecule has 0 radical (unpaired) electrons. The minimum Gasteiger partial charge on any atom is -0.462 e. The topological polar surface area (TPSA) is 26.3 Å². The first kappa shape index (κ1) is 10.6. The molecule has 0 amide bonds. The Balaban J connectivity index is 1.86. The Morgan fingerprint density at radius 1 is 1.40 bits per heavy atom. The number of esters is 1. The van der Waals surface area contributed by atoms with Crippen LogP contribution < -0.4 is 0 Å². The average Bonchev–Trinajstić information content (AvgIpc) is 2.56. The molecule has 2 atom stereocenters. The van der Waals surface area contributed by atoms with Crippen molar-refractivity contribution in [2.24, 2.45) is 0 Å². The van der Waals surface area contributed by atoms with Crippen molar-refractivity contribution in [3.8, 4) is 0 Å². The smallest absolute Gasteiger partial charge is 0.319 e. The summed E-state index contributed by atoms with van der Waals surface area (Å²) in [6.07, 6.45) is 0.932. The highest BCUT2D eigenvalue weighted by atomic mass is 32.2. The van der Waals surface area contributed by atoms with Crippen LogP contribution in [0.5, 0.6) is 0 Å². The van der Waals surface area contributed by atoms with Crippen molar-refractivity contribution >= 4 is 17.7 Å². The van der Waals surface area contributed by atoms with Crippen molar-refractivity contribution in [3.05, 3.63) is 35.9 Å². The molecule has 80 valence electrons. The Kier molecular flexibility index (Phi) is 3.31. The monoisotopic (exact) mass is 222 g/mol. The third kappa shape index (κ3) is 2.75. The van der Waals surface area contributed by atoms with Gasteiger partial charge in [0.1, 0.15) is 11.4 Å². The summed E-state index contributed by atoms with van der Waals surface area (Å²) in [6, 6.07) is 10.2. The molecule has 0 spiro atoms. The van der Waals surface area contributed by atoms with Gasteiger partial charge in [0, 0.05) is 12.2 Å². The molecule has 1 aliphatic heterocycles. The van der Waals surface area contributed by atoms with Gasteiger partial charge in [0.15, 0.2) is 0 Å². The molecule has 0 aromatic heterocycles. The summed E-state index contributed by atoms with van der Waals surface area (Å²) in [7, 11) is 0. The molecular weight excluding hydrogens is 208 g/mol. The van der Waals surface area contributed by atoms with Gasteiger partial charge in [-0.3, -0.25) is 4.79 Å². The molecule has 0 aliphatic carbocycles. The number of hydrogen-bond donors (Lipinski definition) is 0. The Morgan fingerprint density at radius 2 is 2.13 bits per heavy atom. The summed E-state index contributed by atoms with van der Waals surface area (Å²) in [6.45, 7) is 1.95. The number of carbonyl (C=O) groups excluding carboxylic acids is 1. The van der Waals surface area contributed by atoms with Gasteiger partial charge >= 0.3 is 5.97 Å². The number of hydrogen-bond acceptors (Lipinski definition) is 3. The first-order chi connectivity index (χ1) is 7.25. The van der Waals surface area contributed by atoms with Crippen molar-refractivity contribution in [3.63, 3.8) is 0 Å². The maximum Gasteiger partial charge on any atom is 0.319 e. The fourth-order valence-electron chi connectivity index (χ4n) is 1.63. The van der Waals surface area contributed by atoms with Crippen LogP contribution in [-0.4, -0.2) is 17.3 Å². The van der Waals surface area contributed by atoms with E-state index in [1.54, 1.807) is 11.8 Å². The van der Waals surface area contributed by atoms with Gasteiger partial charge < -0.3 is 4.74 Å². The highest BCUT2D eigenvalue weighted by Gasteiger charge is 2.31. The highest BCUT2D eigenvalue weighted by Crippen LogP contribution is 2.28. The second-order valence-electron chi connectivity index (χ2n) is 3.77. The first-order valence-electron chi connectivity index (χ1n) is 5.12. The average molecular weight is 222 g/mol. The molecule has 0 saturated carbocycles. The van der Waals surface area contributed by atoms with Crippen LogP contribution in [0.25, 0.3) is 0 Å². The van der Waals surface area contributed by atoms with E-state index in [0.29, 0.717) is 0 Å². The summed E-state index contributed by atoms with van der Waals surface area (Å²) in [5, 5.41) is 0.0280. The van der Waals surface area contributed by atoms with E-state index in [9.17, 15) is 4.79 Å². The molecule has 0 bridgehead atoms. The number of cyclic esters (lactones) is 1. The lowest BCUT2D eigenvalue weighted by atomic mass is 10.2. The summed E-state index contributed by atoms with van der Waals surface area (Å²) in [5.74, 6) is 0.830. The van der Waals surface area contributed by atoms with Crippen LogP contribution in [0.15, 0.2) is 30.3 Å².